The second-order valence-electron chi connectivity index (χ2n) is 5.35. The Hall–Kier alpha value is -3.34. The number of thioether (sulfide) groups is 1. The van der Waals surface area contributed by atoms with Crippen LogP contribution in [0.2, 0.25) is 0 Å². The number of nitrogens with two attached hydrogens (primary N) is 1. The van der Waals surface area contributed by atoms with Crippen LogP contribution < -0.4 is 15.2 Å². The first kappa shape index (κ1) is 17.1. The van der Waals surface area contributed by atoms with Crippen molar-refractivity contribution in [1.82, 2.24) is 30.1 Å². The quantitative estimate of drug-likeness (QED) is 0.375. The van der Waals surface area contributed by atoms with Crippen molar-refractivity contribution in [2.24, 2.45) is 0 Å². The largest absolute Gasteiger partial charge is 0.493 e. The van der Waals surface area contributed by atoms with Crippen LogP contribution in [0.5, 0.6) is 11.5 Å². The van der Waals surface area contributed by atoms with Gasteiger partial charge in [0.25, 0.3) is 0 Å². The highest BCUT2D eigenvalue weighted by atomic mass is 32.2. The summed E-state index contributed by atoms with van der Waals surface area (Å²) < 4.78 is 16.3. The fourth-order valence-electron chi connectivity index (χ4n) is 2.46. The van der Waals surface area contributed by atoms with Gasteiger partial charge in [-0.3, -0.25) is 0 Å². The summed E-state index contributed by atoms with van der Waals surface area (Å²) in [7, 11) is 3.15. The maximum Gasteiger partial charge on any atom is 0.247 e. The van der Waals surface area contributed by atoms with Crippen LogP contribution in [-0.4, -0.2) is 44.4 Å². The zero-order chi connectivity index (χ0) is 18.8. The molecule has 0 saturated carbocycles. The van der Waals surface area contributed by atoms with E-state index < -0.39 is 0 Å². The van der Waals surface area contributed by atoms with Crippen molar-refractivity contribution in [3.05, 3.63) is 30.4 Å². The van der Waals surface area contributed by atoms with Crippen LogP contribution in [0.1, 0.15) is 5.89 Å². The van der Waals surface area contributed by atoms with E-state index in [0.29, 0.717) is 45.2 Å². The Bertz CT molecular complexity index is 1090. The molecule has 4 rings (SSSR count). The highest BCUT2D eigenvalue weighted by molar-refractivity contribution is 7.98. The van der Waals surface area contributed by atoms with Gasteiger partial charge in [0.1, 0.15) is 10.5 Å². The van der Waals surface area contributed by atoms with Crippen molar-refractivity contribution >= 4 is 28.9 Å². The zero-order valence-electron chi connectivity index (χ0n) is 14.5. The monoisotopic (exact) mass is 385 g/mol. The molecule has 0 fully saturated rings. The van der Waals surface area contributed by atoms with Gasteiger partial charge in [0.15, 0.2) is 17.1 Å². The van der Waals surface area contributed by atoms with E-state index in [9.17, 15) is 0 Å². The first-order valence-corrected chi connectivity index (χ1v) is 8.80. The topological polar surface area (TPSA) is 138 Å². The van der Waals surface area contributed by atoms with Gasteiger partial charge < -0.3 is 24.6 Å². The van der Waals surface area contributed by atoms with Gasteiger partial charge in [-0.1, -0.05) is 11.8 Å². The molecule has 11 heteroatoms. The van der Waals surface area contributed by atoms with E-state index in [-0.39, 0.29) is 5.95 Å². The van der Waals surface area contributed by atoms with Gasteiger partial charge in [0.2, 0.25) is 17.7 Å². The minimum absolute atomic E-state index is 0.161. The van der Waals surface area contributed by atoms with Crippen molar-refractivity contribution in [2.45, 2.75) is 10.8 Å². The molecule has 0 amide bonds. The van der Waals surface area contributed by atoms with Crippen LogP contribution in [0.25, 0.3) is 22.6 Å². The molecule has 27 heavy (non-hydrogen) atoms. The van der Waals surface area contributed by atoms with Crippen LogP contribution in [0.15, 0.2) is 34.0 Å². The van der Waals surface area contributed by atoms with Crippen molar-refractivity contribution in [1.29, 1.82) is 0 Å². The van der Waals surface area contributed by atoms with Crippen LogP contribution in [0, 0.1) is 0 Å². The highest BCUT2D eigenvalue weighted by Crippen LogP contribution is 2.32. The molecule has 0 aliphatic rings. The molecule has 0 radical (unpaired) electrons. The average Bonchev–Trinajstić information content (AvgIpc) is 3.34. The van der Waals surface area contributed by atoms with E-state index >= 15 is 0 Å². The Balaban J connectivity index is 1.54. The number of benzene rings is 1. The minimum Gasteiger partial charge on any atom is -0.493 e. The Morgan fingerprint density at radius 3 is 2.81 bits per heavy atom. The Kier molecular flexibility index (Phi) is 4.50. The van der Waals surface area contributed by atoms with Gasteiger partial charge in [0, 0.05) is 5.56 Å². The number of rotatable bonds is 6. The number of methoxy groups -OCH3 is 2. The first-order chi connectivity index (χ1) is 13.2. The molecule has 3 aromatic heterocycles. The first-order valence-electron chi connectivity index (χ1n) is 7.82. The predicted octanol–water partition coefficient (Wildman–Crippen LogP) is 2.29. The maximum absolute atomic E-state index is 5.75. The molecule has 10 nitrogen and oxygen atoms in total. The van der Waals surface area contributed by atoms with Crippen LogP contribution in [-0.2, 0) is 5.75 Å². The Morgan fingerprint density at radius 1 is 1.15 bits per heavy atom. The molecular formula is C16H15N7O3S. The Labute approximate surface area is 157 Å². The smallest absolute Gasteiger partial charge is 0.247 e. The summed E-state index contributed by atoms with van der Waals surface area (Å²) in [5, 5.41) is 8.85. The van der Waals surface area contributed by atoms with Crippen molar-refractivity contribution in [3.8, 4) is 23.0 Å². The van der Waals surface area contributed by atoms with Crippen LogP contribution in [0.4, 0.5) is 5.95 Å². The fraction of sp³-hybridized carbons (Fsp3) is 0.188. The van der Waals surface area contributed by atoms with Crippen molar-refractivity contribution in [3.63, 3.8) is 0 Å². The molecule has 0 aliphatic heterocycles. The van der Waals surface area contributed by atoms with Crippen molar-refractivity contribution in [2.75, 3.05) is 20.0 Å². The number of aromatic nitrogens is 6. The molecule has 3 heterocycles. The van der Waals surface area contributed by atoms with Gasteiger partial charge >= 0.3 is 0 Å². The highest BCUT2D eigenvalue weighted by Gasteiger charge is 2.14. The lowest BCUT2D eigenvalue weighted by atomic mass is 10.2. The van der Waals surface area contributed by atoms with Gasteiger partial charge in [-0.15, -0.1) is 10.2 Å². The third-order valence-electron chi connectivity index (χ3n) is 3.70. The maximum atomic E-state index is 5.75. The lowest BCUT2D eigenvalue weighted by molar-refractivity contribution is 0.355. The van der Waals surface area contributed by atoms with Gasteiger partial charge in [0.05, 0.1) is 26.3 Å². The molecule has 0 saturated heterocycles. The molecule has 0 bridgehead atoms. The second kappa shape index (κ2) is 7.11. The number of imidazole rings is 1. The number of fused-ring (bicyclic) bond motifs is 1. The summed E-state index contributed by atoms with van der Waals surface area (Å²) >= 11 is 1.40. The van der Waals surface area contributed by atoms with Crippen LogP contribution >= 0.6 is 11.8 Å². The number of nitrogens with one attached hydrogen (secondary N) is 1. The summed E-state index contributed by atoms with van der Waals surface area (Å²) in [6.07, 6.45) is 1.55. The normalized spacial score (nSPS) is 11.0. The van der Waals surface area contributed by atoms with Gasteiger partial charge in [-0.05, 0) is 18.2 Å². The molecular weight excluding hydrogens is 370 g/mol. The number of anilines is 1. The van der Waals surface area contributed by atoms with E-state index in [4.69, 9.17) is 19.6 Å². The number of H-pyrrole nitrogens is 1. The Morgan fingerprint density at radius 2 is 2.00 bits per heavy atom. The standard InChI is InChI=1S/C16H15N7O3S/c1-24-9-4-3-8(5-10(9)25-2)14-23-22-11(26-14)6-27-15-12-13(19-7-18-12)20-16(17)21-15/h3-5,7H,6H2,1-2H3,(H3,17,18,19,20,21). The van der Waals surface area contributed by atoms with Crippen molar-refractivity contribution < 1.29 is 13.9 Å². The lowest BCUT2D eigenvalue weighted by Crippen LogP contribution is -1.97. The van der Waals surface area contributed by atoms with E-state index in [0.717, 1.165) is 5.56 Å². The molecule has 0 spiro atoms. The molecule has 4 aromatic rings. The van der Waals surface area contributed by atoms with Gasteiger partial charge in [-0.2, -0.15) is 4.98 Å². The van der Waals surface area contributed by atoms with Crippen LogP contribution in [0.3, 0.4) is 0 Å². The summed E-state index contributed by atoms with van der Waals surface area (Å²) in [5.74, 6) is 2.64. The number of ether oxygens (including phenoxy) is 2. The molecule has 3 N–H and O–H groups in total. The van der Waals surface area contributed by atoms with E-state index in [1.54, 1.807) is 32.7 Å². The number of nitrogen functional groups attached to an aromatic ring is 1. The minimum atomic E-state index is 0.161. The second-order valence-corrected chi connectivity index (χ2v) is 6.31. The molecule has 0 atom stereocenters. The average molecular weight is 385 g/mol. The van der Waals surface area contributed by atoms with E-state index in [2.05, 4.69) is 30.1 Å². The summed E-state index contributed by atoms with van der Waals surface area (Å²) in [6.45, 7) is 0. The summed E-state index contributed by atoms with van der Waals surface area (Å²) in [5.41, 5.74) is 7.69. The molecule has 0 aliphatic carbocycles. The third-order valence-corrected chi connectivity index (χ3v) is 4.66. The summed E-state index contributed by atoms with van der Waals surface area (Å²) in [6, 6.07) is 5.39. The number of aromatic amines is 1. The number of nitrogens with zero attached hydrogens (tertiary/aromatic N) is 5. The summed E-state index contributed by atoms with van der Waals surface area (Å²) in [4.78, 5) is 15.4. The fourth-order valence-corrected chi connectivity index (χ4v) is 3.28. The zero-order valence-corrected chi connectivity index (χ0v) is 15.3. The molecule has 138 valence electrons. The SMILES string of the molecule is COc1ccc(-c2nnc(CSc3nc(N)nc4nc[nH]c34)o2)cc1OC. The lowest BCUT2D eigenvalue weighted by Gasteiger charge is -2.07. The molecule has 1 aromatic carbocycles. The number of hydrogen-bond acceptors (Lipinski definition) is 10. The third kappa shape index (κ3) is 3.36. The molecule has 0 unspecified atom stereocenters. The van der Waals surface area contributed by atoms with Gasteiger partial charge in [-0.25, -0.2) is 9.97 Å². The predicted molar refractivity (Wildman–Crippen MR) is 98.5 cm³/mol. The van der Waals surface area contributed by atoms with E-state index in [1.807, 2.05) is 6.07 Å². The number of hydrogen-bond donors (Lipinski definition) is 2. The van der Waals surface area contributed by atoms with E-state index in [1.165, 1.54) is 11.8 Å².